The Labute approximate surface area is 156 Å². The third-order valence-corrected chi connectivity index (χ3v) is 4.86. The summed E-state index contributed by atoms with van der Waals surface area (Å²) in [5.41, 5.74) is 2.62. The minimum absolute atomic E-state index is 0.164. The van der Waals surface area contributed by atoms with Crippen LogP contribution in [-0.4, -0.2) is 32.5 Å². The molecule has 3 heterocycles. The van der Waals surface area contributed by atoms with Crippen molar-refractivity contribution in [2.24, 2.45) is 0 Å². The molecule has 0 N–H and O–H groups in total. The van der Waals surface area contributed by atoms with Gasteiger partial charge in [0, 0.05) is 18.3 Å². The summed E-state index contributed by atoms with van der Waals surface area (Å²) in [4.78, 5) is 23.7. The molecule has 1 unspecified atom stereocenters. The van der Waals surface area contributed by atoms with Crippen LogP contribution in [0, 0.1) is 19.7 Å². The number of benzene rings is 1. The van der Waals surface area contributed by atoms with Gasteiger partial charge in [0.2, 0.25) is 0 Å². The predicted octanol–water partition coefficient (Wildman–Crippen LogP) is 3.86. The van der Waals surface area contributed by atoms with Crippen LogP contribution in [0.25, 0.3) is 11.4 Å². The molecule has 7 heteroatoms. The van der Waals surface area contributed by atoms with Gasteiger partial charge in [0.05, 0.1) is 23.0 Å². The van der Waals surface area contributed by atoms with Gasteiger partial charge in [-0.2, -0.15) is 0 Å². The van der Waals surface area contributed by atoms with Crippen molar-refractivity contribution in [1.82, 2.24) is 20.0 Å². The summed E-state index contributed by atoms with van der Waals surface area (Å²) in [5, 5.41) is 3.96. The van der Waals surface area contributed by atoms with Gasteiger partial charge >= 0.3 is 0 Å². The van der Waals surface area contributed by atoms with E-state index in [2.05, 4.69) is 15.1 Å². The van der Waals surface area contributed by atoms with Crippen LogP contribution in [0.3, 0.4) is 0 Å². The first-order valence-electron chi connectivity index (χ1n) is 8.87. The van der Waals surface area contributed by atoms with Gasteiger partial charge < -0.3 is 9.42 Å². The molecule has 27 heavy (non-hydrogen) atoms. The van der Waals surface area contributed by atoms with Crippen molar-refractivity contribution < 1.29 is 13.7 Å². The highest BCUT2D eigenvalue weighted by Gasteiger charge is 2.32. The summed E-state index contributed by atoms with van der Waals surface area (Å²) in [6, 6.07) is 7.45. The second-order valence-corrected chi connectivity index (χ2v) is 6.67. The van der Waals surface area contributed by atoms with Gasteiger partial charge in [-0.15, -0.1) is 0 Å². The van der Waals surface area contributed by atoms with Crippen LogP contribution in [0.2, 0.25) is 0 Å². The SMILES string of the molecule is Cc1noc(C)c1-c1nccc(C2CCCN2C(=O)c2cccc(F)c2)n1. The van der Waals surface area contributed by atoms with E-state index >= 15 is 0 Å². The number of likely N-dealkylation sites (tertiary alicyclic amines) is 1. The molecule has 1 saturated heterocycles. The average Bonchev–Trinajstić information content (AvgIpc) is 3.28. The average molecular weight is 366 g/mol. The van der Waals surface area contributed by atoms with E-state index in [0.29, 0.717) is 23.7 Å². The van der Waals surface area contributed by atoms with Crippen molar-refractivity contribution in [2.45, 2.75) is 32.7 Å². The largest absolute Gasteiger partial charge is 0.361 e. The number of carbonyl (C=O) groups is 1. The van der Waals surface area contributed by atoms with Crippen LogP contribution < -0.4 is 0 Å². The number of amides is 1. The van der Waals surface area contributed by atoms with E-state index in [1.807, 2.05) is 19.9 Å². The monoisotopic (exact) mass is 366 g/mol. The maximum Gasteiger partial charge on any atom is 0.254 e. The number of carbonyl (C=O) groups excluding carboxylic acids is 1. The maximum absolute atomic E-state index is 13.5. The van der Waals surface area contributed by atoms with Crippen molar-refractivity contribution in [3.63, 3.8) is 0 Å². The van der Waals surface area contributed by atoms with Crippen LogP contribution in [0.5, 0.6) is 0 Å². The van der Waals surface area contributed by atoms with Gasteiger partial charge in [0.15, 0.2) is 5.82 Å². The van der Waals surface area contributed by atoms with Gasteiger partial charge in [-0.05, 0) is 51.0 Å². The molecule has 4 rings (SSSR count). The molecule has 0 radical (unpaired) electrons. The second-order valence-electron chi connectivity index (χ2n) is 6.67. The molecule has 2 aromatic heterocycles. The van der Waals surface area contributed by atoms with Gasteiger partial charge in [0.1, 0.15) is 11.6 Å². The lowest BCUT2D eigenvalue weighted by Crippen LogP contribution is -2.31. The lowest BCUT2D eigenvalue weighted by Gasteiger charge is -2.24. The Balaban J connectivity index is 1.67. The van der Waals surface area contributed by atoms with E-state index in [1.165, 1.54) is 12.1 Å². The topological polar surface area (TPSA) is 72.1 Å². The van der Waals surface area contributed by atoms with E-state index < -0.39 is 5.82 Å². The normalized spacial score (nSPS) is 16.7. The number of rotatable bonds is 3. The Morgan fingerprint density at radius 1 is 1.30 bits per heavy atom. The summed E-state index contributed by atoms with van der Waals surface area (Å²) < 4.78 is 18.7. The Bertz CT molecular complexity index is 982. The fourth-order valence-electron chi connectivity index (χ4n) is 3.59. The molecule has 0 bridgehead atoms. The third-order valence-electron chi connectivity index (χ3n) is 4.86. The number of halogens is 1. The lowest BCUT2D eigenvalue weighted by molar-refractivity contribution is 0.0732. The van der Waals surface area contributed by atoms with Crippen molar-refractivity contribution in [3.8, 4) is 11.4 Å². The number of hydrogen-bond acceptors (Lipinski definition) is 5. The van der Waals surface area contributed by atoms with Crippen LogP contribution in [-0.2, 0) is 0 Å². The van der Waals surface area contributed by atoms with Crippen molar-refractivity contribution in [2.75, 3.05) is 6.54 Å². The van der Waals surface area contributed by atoms with Gasteiger partial charge in [0.25, 0.3) is 5.91 Å². The van der Waals surface area contributed by atoms with Crippen molar-refractivity contribution >= 4 is 5.91 Å². The minimum Gasteiger partial charge on any atom is -0.361 e. The molecular weight excluding hydrogens is 347 g/mol. The number of aryl methyl sites for hydroxylation is 2. The third kappa shape index (κ3) is 3.20. The first-order chi connectivity index (χ1) is 13.0. The summed E-state index contributed by atoms with van der Waals surface area (Å²) in [6.45, 7) is 4.28. The zero-order valence-corrected chi connectivity index (χ0v) is 15.1. The van der Waals surface area contributed by atoms with Crippen LogP contribution in [0.1, 0.15) is 46.4 Å². The zero-order chi connectivity index (χ0) is 19.0. The molecule has 1 aromatic carbocycles. The molecule has 1 aliphatic rings. The van der Waals surface area contributed by atoms with E-state index in [9.17, 15) is 9.18 Å². The molecular formula is C20H19FN4O2. The standard InChI is InChI=1S/C20H19FN4O2/c1-12-18(13(2)27-24-12)19-22-9-8-16(23-19)17-7-4-10-25(17)20(26)14-5-3-6-15(21)11-14/h3,5-6,8-9,11,17H,4,7,10H2,1-2H3. The zero-order valence-electron chi connectivity index (χ0n) is 15.1. The Hall–Kier alpha value is -3.09. The van der Waals surface area contributed by atoms with Gasteiger partial charge in [-0.1, -0.05) is 11.2 Å². The highest BCUT2D eigenvalue weighted by atomic mass is 19.1. The Morgan fingerprint density at radius 2 is 2.15 bits per heavy atom. The predicted molar refractivity (Wildman–Crippen MR) is 96.4 cm³/mol. The van der Waals surface area contributed by atoms with Crippen LogP contribution in [0.4, 0.5) is 4.39 Å². The van der Waals surface area contributed by atoms with Crippen LogP contribution in [0.15, 0.2) is 41.1 Å². The fraction of sp³-hybridized carbons (Fsp3) is 0.300. The number of aromatic nitrogens is 3. The Kier molecular flexibility index (Phi) is 4.43. The Morgan fingerprint density at radius 3 is 2.89 bits per heavy atom. The molecule has 138 valence electrons. The molecule has 1 aliphatic heterocycles. The quantitative estimate of drug-likeness (QED) is 0.704. The second kappa shape index (κ2) is 6.90. The van der Waals surface area contributed by atoms with E-state index in [0.717, 1.165) is 29.8 Å². The summed E-state index contributed by atoms with van der Waals surface area (Å²) in [5.74, 6) is 0.589. The lowest BCUT2D eigenvalue weighted by atomic mass is 10.1. The van der Waals surface area contributed by atoms with Gasteiger partial charge in [-0.3, -0.25) is 4.79 Å². The highest BCUT2D eigenvalue weighted by Crippen LogP contribution is 2.33. The molecule has 0 spiro atoms. The highest BCUT2D eigenvalue weighted by molar-refractivity contribution is 5.94. The van der Waals surface area contributed by atoms with E-state index in [4.69, 9.17) is 4.52 Å². The summed E-state index contributed by atoms with van der Waals surface area (Å²) >= 11 is 0. The first kappa shape index (κ1) is 17.3. The molecule has 1 fully saturated rings. The molecule has 6 nitrogen and oxygen atoms in total. The van der Waals surface area contributed by atoms with E-state index in [1.54, 1.807) is 23.2 Å². The molecule has 0 saturated carbocycles. The number of hydrogen-bond donors (Lipinski definition) is 0. The maximum atomic E-state index is 13.5. The minimum atomic E-state index is -0.417. The molecule has 0 aliphatic carbocycles. The molecule has 3 aromatic rings. The van der Waals surface area contributed by atoms with Crippen molar-refractivity contribution in [1.29, 1.82) is 0 Å². The molecule has 1 atom stereocenters. The molecule has 1 amide bonds. The summed E-state index contributed by atoms with van der Waals surface area (Å²) in [7, 11) is 0. The van der Waals surface area contributed by atoms with E-state index in [-0.39, 0.29) is 11.9 Å². The fourth-order valence-corrected chi connectivity index (χ4v) is 3.59. The first-order valence-corrected chi connectivity index (χ1v) is 8.87. The smallest absolute Gasteiger partial charge is 0.254 e. The van der Waals surface area contributed by atoms with Gasteiger partial charge in [-0.25, -0.2) is 14.4 Å². The van der Waals surface area contributed by atoms with Crippen LogP contribution >= 0.6 is 0 Å². The summed E-state index contributed by atoms with van der Waals surface area (Å²) in [6.07, 6.45) is 3.36. The number of nitrogens with zero attached hydrogens (tertiary/aromatic N) is 4. The van der Waals surface area contributed by atoms with Crippen molar-refractivity contribution in [3.05, 3.63) is 65.1 Å².